The highest BCUT2D eigenvalue weighted by molar-refractivity contribution is 5.97. The summed E-state index contributed by atoms with van der Waals surface area (Å²) in [6.07, 6.45) is -18.1. The Balaban J connectivity index is 1.69. The number of Topliss-reactive ketones (excluding diaryl/α,β-unsaturated/α-hetero) is 2. The second-order valence-electron chi connectivity index (χ2n) is 18.8. The zero-order valence-corrected chi connectivity index (χ0v) is 42.9. The van der Waals surface area contributed by atoms with Crippen LogP contribution < -0.4 is 37.9 Å². The van der Waals surface area contributed by atoms with Crippen molar-refractivity contribution in [2.45, 2.75) is 139 Å². The van der Waals surface area contributed by atoms with Crippen LogP contribution in [0.2, 0.25) is 0 Å². The average molecular weight is 1120 g/mol. The second kappa shape index (κ2) is 32.6. The van der Waals surface area contributed by atoms with Gasteiger partial charge in [-0.05, 0) is 55.9 Å². The highest BCUT2D eigenvalue weighted by Gasteiger charge is 2.33. The Morgan fingerprint density at radius 1 is 0.658 bits per heavy atom. The number of nitrogen functional groups attached to an aromatic ring is 1. The van der Waals surface area contributed by atoms with Crippen molar-refractivity contribution >= 4 is 69.9 Å². The molecule has 0 radical (unpaired) electrons. The molecular formula is C48H70N10O21. The van der Waals surface area contributed by atoms with E-state index in [0.29, 0.717) is 11.4 Å². The molecule has 0 saturated heterocycles. The van der Waals surface area contributed by atoms with E-state index in [1.165, 1.54) is 30.5 Å². The number of benzene rings is 1. The number of nitrogens with zero attached hydrogens (tertiary/aromatic N) is 3. The van der Waals surface area contributed by atoms with E-state index < -0.39 is 197 Å². The first kappa shape index (κ1) is 66.1. The summed E-state index contributed by atoms with van der Waals surface area (Å²) in [6, 6.07) is 2.63. The van der Waals surface area contributed by atoms with Gasteiger partial charge in [-0.1, -0.05) is 6.92 Å². The van der Waals surface area contributed by atoms with Crippen LogP contribution in [0.1, 0.15) is 87.2 Å². The molecule has 12 atom stereocenters. The van der Waals surface area contributed by atoms with Crippen molar-refractivity contribution in [3.63, 3.8) is 0 Å². The molecule has 3 rings (SSSR count). The number of amides is 4. The first-order valence-corrected chi connectivity index (χ1v) is 24.9. The summed E-state index contributed by atoms with van der Waals surface area (Å²) < 4.78 is 0. The number of aromatic nitrogens is 4. The zero-order chi connectivity index (χ0) is 59.1. The molecule has 20 N–H and O–H groups in total. The largest absolute Gasteiger partial charge is 0.481 e. The molecule has 4 amide bonds. The van der Waals surface area contributed by atoms with Gasteiger partial charge >= 0.3 is 11.9 Å². The number of hydrogen-bond donors (Lipinski definition) is 19. The summed E-state index contributed by atoms with van der Waals surface area (Å²) in [5.74, 6) is -9.83. The van der Waals surface area contributed by atoms with Crippen LogP contribution in [0.5, 0.6) is 0 Å². The first-order valence-electron chi connectivity index (χ1n) is 24.9. The molecule has 0 spiro atoms. The second-order valence-corrected chi connectivity index (χ2v) is 18.8. The van der Waals surface area contributed by atoms with Crippen LogP contribution in [0.4, 0.5) is 11.6 Å². The van der Waals surface area contributed by atoms with Crippen LogP contribution in [-0.4, -0.2) is 216 Å². The number of aliphatic carboxylic acids is 2. The third-order valence-corrected chi connectivity index (χ3v) is 12.4. The number of carboxylic acid groups (broad SMARTS) is 2. The SMILES string of the molecule is C[C@H](CCC(=O)NC[C@H](O)[C@@H](O)[C@H](O)[C@H](O)CO)CC(=O)[C@H](CCC(=O)O)NC(=O)[C@H](CCC(=O)NC[C@H](O)[C@@H](O)[C@H](O)[C@H](O)CO)CC(=O)CC[C@H](NC(=O)c1ccc(NCc2cnc3nc(N)[nH]c(=O)c3n2)cc1)C(=O)O. The number of nitrogens with one attached hydrogen (secondary N) is 6. The summed E-state index contributed by atoms with van der Waals surface area (Å²) >= 11 is 0. The van der Waals surface area contributed by atoms with Crippen LogP contribution >= 0.6 is 0 Å². The Kier molecular flexibility index (Phi) is 27.3. The molecule has 2 heterocycles. The van der Waals surface area contributed by atoms with E-state index in [2.05, 4.69) is 46.5 Å². The van der Waals surface area contributed by atoms with Crippen LogP contribution in [0.3, 0.4) is 0 Å². The molecule has 0 saturated carbocycles. The number of aromatic amines is 1. The van der Waals surface area contributed by atoms with Gasteiger partial charge in [0.2, 0.25) is 23.7 Å². The molecule has 31 nitrogen and oxygen atoms in total. The maximum absolute atomic E-state index is 13.9. The number of ketones is 2. The van der Waals surface area contributed by atoms with E-state index in [0.717, 1.165) is 0 Å². The molecule has 0 bridgehead atoms. The summed E-state index contributed by atoms with van der Waals surface area (Å²) in [5, 5.41) is 129. The standard InChI is InChI=1S/C48H70N10O21/c1-22(2-11-35(67)51-18-31(63)39(71)41(73)33(65)20-59)14-30(62)28(10-13-37(69)70)55-45(76)24(5-12-36(68)52-19-32(64)40(72)42(74)34(66)21-60)15-27(61)8-9-29(47(78)79)56-44(75)23-3-6-25(7-4-23)50-16-26-17-53-43-38(54-26)46(77)58-48(49)57-43/h3-4,6-7,17,22,24,28-29,31-34,39-42,50,59-60,63-66,71-74H,2,5,8-16,18-21H2,1H3,(H,51,67)(H,52,68)(H,55,76)(H,56,75)(H,69,70)(H,78,79)(H3,49,53,57,58,77)/t22-,24-,28+,29+,31+,32+,33-,34-,39-,40-,41-,42-/m1/s1. The minimum atomic E-state index is -2.03. The molecule has 1 aromatic carbocycles. The van der Waals surface area contributed by atoms with Crippen molar-refractivity contribution in [1.82, 2.24) is 41.2 Å². The molecule has 3 aromatic rings. The molecule has 79 heavy (non-hydrogen) atoms. The first-order chi connectivity index (χ1) is 37.2. The molecule has 2 aromatic heterocycles. The van der Waals surface area contributed by atoms with Crippen molar-refractivity contribution in [1.29, 1.82) is 0 Å². The van der Waals surface area contributed by atoms with E-state index in [9.17, 15) is 94.2 Å². The Labute approximate surface area is 449 Å². The number of aliphatic hydroxyl groups excluding tert-OH is 10. The van der Waals surface area contributed by atoms with Gasteiger partial charge in [0.15, 0.2) is 16.9 Å². The molecule has 438 valence electrons. The van der Waals surface area contributed by atoms with Crippen molar-refractivity contribution < 1.29 is 99.6 Å². The number of rotatable bonds is 37. The number of carbonyl (C=O) groups is 8. The summed E-state index contributed by atoms with van der Waals surface area (Å²) in [7, 11) is 0. The molecule has 0 aliphatic carbocycles. The fourth-order valence-electron chi connectivity index (χ4n) is 7.62. The number of anilines is 2. The number of hydrogen-bond acceptors (Lipinski definition) is 24. The number of nitrogens with two attached hydrogens (primary N) is 1. The van der Waals surface area contributed by atoms with E-state index >= 15 is 0 Å². The average Bonchev–Trinajstić information content (AvgIpc) is 3.43. The van der Waals surface area contributed by atoms with Crippen LogP contribution in [0.25, 0.3) is 11.2 Å². The van der Waals surface area contributed by atoms with Gasteiger partial charge < -0.3 is 93.6 Å². The normalized spacial score (nSPS) is 16.0. The van der Waals surface area contributed by atoms with Crippen molar-refractivity contribution in [3.8, 4) is 0 Å². The minimum Gasteiger partial charge on any atom is -0.481 e. The van der Waals surface area contributed by atoms with Gasteiger partial charge in [0.05, 0.1) is 49.9 Å². The zero-order valence-electron chi connectivity index (χ0n) is 42.9. The highest BCUT2D eigenvalue weighted by Crippen LogP contribution is 2.20. The van der Waals surface area contributed by atoms with Crippen molar-refractivity contribution in [2.75, 3.05) is 37.4 Å². The Morgan fingerprint density at radius 3 is 1.75 bits per heavy atom. The maximum atomic E-state index is 13.9. The van der Waals surface area contributed by atoms with Crippen LogP contribution in [0.15, 0.2) is 35.3 Å². The number of H-pyrrole nitrogens is 1. The van der Waals surface area contributed by atoms with Gasteiger partial charge in [-0.3, -0.25) is 43.3 Å². The third-order valence-electron chi connectivity index (χ3n) is 12.4. The molecule has 0 aliphatic heterocycles. The van der Waals surface area contributed by atoms with Gasteiger partial charge in [0, 0.05) is 68.8 Å². The monoisotopic (exact) mass is 1120 g/mol. The molecule has 0 fully saturated rings. The molecule has 0 unspecified atom stereocenters. The Bertz CT molecular complexity index is 2590. The lowest BCUT2D eigenvalue weighted by molar-refractivity contribution is -0.140. The minimum absolute atomic E-state index is 0.0242. The quantitative estimate of drug-likeness (QED) is 0.0256. The predicted octanol–water partition coefficient (Wildman–Crippen LogP) is -5.94. The van der Waals surface area contributed by atoms with Crippen molar-refractivity contribution in [2.24, 2.45) is 11.8 Å². The maximum Gasteiger partial charge on any atom is 0.326 e. The fourth-order valence-corrected chi connectivity index (χ4v) is 7.62. The number of carbonyl (C=O) groups excluding carboxylic acids is 6. The lowest BCUT2D eigenvalue weighted by Gasteiger charge is -2.26. The van der Waals surface area contributed by atoms with Crippen LogP contribution in [-0.2, 0) is 40.1 Å². The van der Waals surface area contributed by atoms with Gasteiger partial charge in [0.1, 0.15) is 48.4 Å². The highest BCUT2D eigenvalue weighted by atomic mass is 16.4. The predicted molar refractivity (Wildman–Crippen MR) is 272 cm³/mol. The third kappa shape index (κ3) is 22.2. The Hall–Kier alpha value is -7.20. The smallest absolute Gasteiger partial charge is 0.326 e. The number of fused-ring (bicyclic) bond motifs is 1. The Morgan fingerprint density at radius 2 is 1.20 bits per heavy atom. The number of aliphatic hydroxyl groups is 10. The van der Waals surface area contributed by atoms with E-state index in [1.807, 2.05) is 0 Å². The fraction of sp³-hybridized carbons (Fsp3) is 0.583. The summed E-state index contributed by atoms with van der Waals surface area (Å²) in [4.78, 5) is 130. The number of carboxylic acids is 2. The lowest BCUT2D eigenvalue weighted by atomic mass is 9.91. The van der Waals surface area contributed by atoms with Crippen LogP contribution in [0, 0.1) is 11.8 Å². The van der Waals surface area contributed by atoms with E-state index in [1.54, 1.807) is 6.92 Å². The molecule has 0 aliphatic rings. The van der Waals surface area contributed by atoms with E-state index in [-0.39, 0.29) is 48.5 Å². The summed E-state index contributed by atoms with van der Waals surface area (Å²) in [5.41, 5.74) is 5.84. The molecule has 31 heteroatoms. The van der Waals surface area contributed by atoms with Gasteiger partial charge in [0.25, 0.3) is 11.5 Å². The lowest BCUT2D eigenvalue weighted by Crippen LogP contribution is -2.49. The summed E-state index contributed by atoms with van der Waals surface area (Å²) in [6.45, 7) is -1.50. The van der Waals surface area contributed by atoms with E-state index in [4.69, 9.17) is 15.9 Å². The topological polar surface area (TPSA) is 537 Å². The van der Waals surface area contributed by atoms with Gasteiger partial charge in [-0.25, -0.2) is 14.8 Å². The van der Waals surface area contributed by atoms with Gasteiger partial charge in [-0.15, -0.1) is 0 Å². The van der Waals surface area contributed by atoms with Crippen molar-refractivity contribution in [3.05, 3.63) is 52.1 Å². The van der Waals surface area contributed by atoms with Gasteiger partial charge in [-0.2, -0.15) is 4.98 Å². The molecular weight excluding hydrogens is 1050 g/mol.